The molecule has 2 aromatic rings. The minimum Gasteiger partial charge on any atom is -0.383 e. The van der Waals surface area contributed by atoms with Crippen LogP contribution in [0.4, 0.5) is 11.4 Å². The van der Waals surface area contributed by atoms with Crippen LogP contribution in [0.2, 0.25) is 0 Å². The molecular weight excluding hydrogens is 292 g/mol. The Balaban J connectivity index is 2.24. The van der Waals surface area contributed by atoms with E-state index in [1.54, 1.807) is 6.07 Å². The van der Waals surface area contributed by atoms with E-state index in [4.69, 9.17) is 0 Å². The second-order valence-corrected chi connectivity index (χ2v) is 6.58. The van der Waals surface area contributed by atoms with Crippen molar-refractivity contribution in [2.24, 2.45) is 0 Å². The van der Waals surface area contributed by atoms with Crippen molar-refractivity contribution in [1.29, 1.82) is 0 Å². The summed E-state index contributed by atoms with van der Waals surface area (Å²) in [4.78, 5) is 10.2. The van der Waals surface area contributed by atoms with Crippen molar-refractivity contribution in [3.05, 3.63) is 58.1 Å². The fraction of sp³-hybridized carbons (Fsp3) is 0.143. The molecule has 6 nitrogen and oxygen atoms in total. The van der Waals surface area contributed by atoms with E-state index in [-0.39, 0.29) is 9.79 Å². The van der Waals surface area contributed by atoms with Gasteiger partial charge in [-0.15, -0.1) is 0 Å². The largest absolute Gasteiger partial charge is 0.383 e. The van der Waals surface area contributed by atoms with Crippen LogP contribution >= 0.6 is 0 Å². The summed E-state index contributed by atoms with van der Waals surface area (Å²) in [6.07, 6.45) is 0.746. The standard InChI is InChI=1S/C14H12N2O4S/c17-16(18)11-5-1-2-6-12(11)21(19,20)13-7-3-4-10-8-9-15-14(10)13/h1-7,15H,8-9H2. The predicted octanol–water partition coefficient (Wildman–Crippen LogP) is 2.40. The SMILES string of the molecule is O=[N+]([O-])c1ccccc1S(=O)(=O)c1cccc2c1NCC2. The number of nitro groups is 1. The van der Waals surface area contributed by atoms with Gasteiger partial charge in [-0.05, 0) is 24.1 Å². The van der Waals surface area contributed by atoms with Crippen LogP contribution in [0, 0.1) is 10.1 Å². The molecule has 108 valence electrons. The molecule has 3 rings (SSSR count). The summed E-state index contributed by atoms with van der Waals surface area (Å²) in [5.41, 5.74) is 1.05. The van der Waals surface area contributed by atoms with Gasteiger partial charge >= 0.3 is 0 Å². The minimum absolute atomic E-state index is 0.0896. The number of hydrogen-bond acceptors (Lipinski definition) is 5. The Bertz CT molecular complexity index is 831. The number of nitro benzene ring substituents is 1. The lowest BCUT2D eigenvalue weighted by atomic mass is 10.2. The molecular formula is C14H12N2O4S. The first kappa shape index (κ1) is 13.6. The molecule has 0 aliphatic carbocycles. The van der Waals surface area contributed by atoms with Gasteiger partial charge in [0.15, 0.2) is 0 Å². The Morgan fingerprint density at radius 3 is 2.52 bits per heavy atom. The molecule has 0 aromatic heterocycles. The van der Waals surface area contributed by atoms with Gasteiger partial charge in [0.1, 0.15) is 4.90 Å². The molecule has 1 aliphatic heterocycles. The molecule has 0 fully saturated rings. The maximum Gasteiger partial charge on any atom is 0.288 e. The Labute approximate surface area is 121 Å². The minimum atomic E-state index is -3.94. The van der Waals surface area contributed by atoms with Crippen LogP contribution in [0.3, 0.4) is 0 Å². The van der Waals surface area contributed by atoms with Crippen LogP contribution in [-0.2, 0) is 16.3 Å². The van der Waals surface area contributed by atoms with Gasteiger partial charge in [-0.2, -0.15) is 0 Å². The highest BCUT2D eigenvalue weighted by molar-refractivity contribution is 7.91. The van der Waals surface area contributed by atoms with Gasteiger partial charge < -0.3 is 5.32 Å². The zero-order chi connectivity index (χ0) is 15.0. The number of nitrogens with one attached hydrogen (secondary N) is 1. The Kier molecular flexibility index (Phi) is 3.13. The molecule has 0 amide bonds. The van der Waals surface area contributed by atoms with Crippen LogP contribution < -0.4 is 5.32 Å². The molecule has 21 heavy (non-hydrogen) atoms. The van der Waals surface area contributed by atoms with Crippen molar-refractivity contribution in [2.75, 3.05) is 11.9 Å². The Morgan fingerprint density at radius 1 is 1.05 bits per heavy atom. The van der Waals surface area contributed by atoms with E-state index < -0.39 is 20.4 Å². The molecule has 2 aromatic carbocycles. The van der Waals surface area contributed by atoms with E-state index in [9.17, 15) is 18.5 Å². The molecule has 0 unspecified atom stereocenters. The second-order valence-electron chi connectivity index (χ2n) is 4.70. The number of fused-ring (bicyclic) bond motifs is 1. The van der Waals surface area contributed by atoms with Crippen molar-refractivity contribution < 1.29 is 13.3 Å². The third-order valence-electron chi connectivity index (χ3n) is 3.45. The van der Waals surface area contributed by atoms with Gasteiger partial charge in [-0.25, -0.2) is 8.42 Å². The third kappa shape index (κ3) is 2.15. The lowest BCUT2D eigenvalue weighted by Gasteiger charge is -2.10. The monoisotopic (exact) mass is 304 g/mol. The second kappa shape index (κ2) is 4.85. The highest BCUT2D eigenvalue weighted by Crippen LogP contribution is 2.36. The summed E-state index contributed by atoms with van der Waals surface area (Å²) in [6.45, 7) is 0.665. The van der Waals surface area contributed by atoms with Crippen molar-refractivity contribution in [2.45, 2.75) is 16.2 Å². The number of anilines is 1. The molecule has 0 saturated heterocycles. The quantitative estimate of drug-likeness (QED) is 0.694. The van der Waals surface area contributed by atoms with Crippen molar-refractivity contribution in [3.8, 4) is 0 Å². The maximum absolute atomic E-state index is 12.8. The third-order valence-corrected chi connectivity index (χ3v) is 5.29. The highest BCUT2D eigenvalue weighted by atomic mass is 32.2. The van der Waals surface area contributed by atoms with Gasteiger partial charge in [0.05, 0.1) is 15.5 Å². The van der Waals surface area contributed by atoms with Crippen molar-refractivity contribution >= 4 is 21.2 Å². The molecule has 0 bridgehead atoms. The number of benzene rings is 2. The molecule has 1 aliphatic rings. The summed E-state index contributed by atoms with van der Waals surface area (Å²) >= 11 is 0. The van der Waals surface area contributed by atoms with Crippen molar-refractivity contribution in [1.82, 2.24) is 0 Å². The molecule has 1 N–H and O–H groups in total. The molecule has 0 radical (unpaired) electrons. The summed E-state index contributed by atoms with van der Waals surface area (Å²) in [6, 6.07) is 10.4. The van der Waals surface area contributed by atoms with E-state index in [1.807, 2.05) is 6.07 Å². The summed E-state index contributed by atoms with van der Waals surface area (Å²) in [5, 5.41) is 14.1. The van der Waals surface area contributed by atoms with Crippen LogP contribution in [-0.4, -0.2) is 19.9 Å². The predicted molar refractivity (Wildman–Crippen MR) is 77.2 cm³/mol. The molecule has 1 heterocycles. The smallest absolute Gasteiger partial charge is 0.288 e. The average Bonchev–Trinajstić information content (AvgIpc) is 2.95. The average molecular weight is 304 g/mol. The fourth-order valence-corrected chi connectivity index (χ4v) is 4.13. The van der Waals surface area contributed by atoms with Gasteiger partial charge in [-0.1, -0.05) is 24.3 Å². The van der Waals surface area contributed by atoms with Gasteiger partial charge in [-0.3, -0.25) is 10.1 Å². The number of rotatable bonds is 3. The van der Waals surface area contributed by atoms with Crippen LogP contribution in [0.5, 0.6) is 0 Å². The topological polar surface area (TPSA) is 89.3 Å². The Hall–Kier alpha value is -2.41. The van der Waals surface area contributed by atoms with E-state index in [0.717, 1.165) is 12.0 Å². The van der Waals surface area contributed by atoms with Crippen LogP contribution in [0.1, 0.15) is 5.56 Å². The summed E-state index contributed by atoms with van der Waals surface area (Å²) < 4.78 is 25.5. The fourth-order valence-electron chi connectivity index (χ4n) is 2.49. The molecule has 0 saturated carbocycles. The van der Waals surface area contributed by atoms with E-state index in [0.29, 0.717) is 12.2 Å². The molecule has 0 atom stereocenters. The summed E-state index contributed by atoms with van der Waals surface area (Å²) in [5.74, 6) is 0. The number of hydrogen-bond donors (Lipinski definition) is 1. The summed E-state index contributed by atoms with van der Waals surface area (Å²) in [7, 11) is -3.94. The van der Waals surface area contributed by atoms with E-state index >= 15 is 0 Å². The van der Waals surface area contributed by atoms with E-state index in [2.05, 4.69) is 5.32 Å². The first-order valence-electron chi connectivity index (χ1n) is 6.36. The zero-order valence-electron chi connectivity index (χ0n) is 10.9. The van der Waals surface area contributed by atoms with Gasteiger partial charge in [0, 0.05) is 12.6 Å². The van der Waals surface area contributed by atoms with Crippen LogP contribution in [0.25, 0.3) is 0 Å². The molecule has 0 spiro atoms. The first-order chi connectivity index (χ1) is 10.0. The number of nitrogens with zero attached hydrogens (tertiary/aromatic N) is 1. The van der Waals surface area contributed by atoms with Crippen LogP contribution in [0.15, 0.2) is 52.3 Å². The van der Waals surface area contributed by atoms with Gasteiger partial charge in [0.2, 0.25) is 9.84 Å². The normalized spacial score (nSPS) is 13.5. The lowest BCUT2D eigenvalue weighted by molar-refractivity contribution is -0.387. The Morgan fingerprint density at radius 2 is 1.76 bits per heavy atom. The number of para-hydroxylation sites is 2. The maximum atomic E-state index is 12.8. The highest BCUT2D eigenvalue weighted by Gasteiger charge is 2.30. The molecule has 7 heteroatoms. The van der Waals surface area contributed by atoms with Crippen molar-refractivity contribution in [3.63, 3.8) is 0 Å². The lowest BCUT2D eigenvalue weighted by Crippen LogP contribution is -2.08. The number of sulfone groups is 1. The van der Waals surface area contributed by atoms with Gasteiger partial charge in [0.25, 0.3) is 5.69 Å². The zero-order valence-corrected chi connectivity index (χ0v) is 11.8. The van der Waals surface area contributed by atoms with E-state index in [1.165, 1.54) is 30.3 Å². The first-order valence-corrected chi connectivity index (χ1v) is 7.84.